The Balaban J connectivity index is 1.62. The van der Waals surface area contributed by atoms with E-state index in [1.54, 1.807) is 12.1 Å². The zero-order valence-corrected chi connectivity index (χ0v) is 20.3. The first-order valence-electron chi connectivity index (χ1n) is 11.8. The Kier molecular flexibility index (Phi) is 8.40. The predicted molar refractivity (Wildman–Crippen MR) is 122 cm³/mol. The van der Waals surface area contributed by atoms with E-state index in [1.165, 1.54) is 17.9 Å². The van der Waals surface area contributed by atoms with Crippen LogP contribution in [0.2, 0.25) is 0 Å². The summed E-state index contributed by atoms with van der Waals surface area (Å²) in [4.78, 5) is 6.23. The molecule has 1 fully saturated rings. The molecule has 1 saturated heterocycles. The van der Waals surface area contributed by atoms with Crippen LogP contribution in [0.15, 0.2) is 54.9 Å². The van der Waals surface area contributed by atoms with Crippen molar-refractivity contribution in [2.75, 3.05) is 19.8 Å². The number of alkyl halides is 6. The third-order valence-corrected chi connectivity index (χ3v) is 6.13. The van der Waals surface area contributed by atoms with E-state index in [0.717, 1.165) is 5.56 Å². The van der Waals surface area contributed by atoms with Crippen molar-refractivity contribution in [2.45, 2.75) is 50.8 Å². The van der Waals surface area contributed by atoms with Crippen molar-refractivity contribution in [3.05, 3.63) is 82.9 Å². The second kappa shape index (κ2) is 11.4. The number of rotatable bonds is 8. The van der Waals surface area contributed by atoms with Gasteiger partial charge in [-0.05, 0) is 36.2 Å². The van der Waals surface area contributed by atoms with Crippen molar-refractivity contribution < 1.29 is 40.9 Å². The minimum Gasteiger partial charge on any atom is -0.394 e. The molecule has 3 aromatic rings. The van der Waals surface area contributed by atoms with E-state index in [-0.39, 0.29) is 37.9 Å². The quantitative estimate of drug-likeness (QED) is 0.403. The van der Waals surface area contributed by atoms with Crippen molar-refractivity contribution in [1.29, 1.82) is 0 Å². The van der Waals surface area contributed by atoms with Gasteiger partial charge < -0.3 is 14.6 Å². The molecule has 0 bridgehead atoms. The van der Waals surface area contributed by atoms with Gasteiger partial charge in [0.15, 0.2) is 12.1 Å². The largest absolute Gasteiger partial charge is 0.416 e. The Labute approximate surface area is 214 Å². The average Bonchev–Trinajstić information content (AvgIpc) is 3.30. The van der Waals surface area contributed by atoms with Crippen LogP contribution in [0.25, 0.3) is 0 Å². The van der Waals surface area contributed by atoms with Gasteiger partial charge in [0.1, 0.15) is 6.33 Å². The lowest BCUT2D eigenvalue weighted by atomic mass is 10.0. The minimum atomic E-state index is -4.97. The van der Waals surface area contributed by atoms with Gasteiger partial charge in [-0.3, -0.25) is 9.58 Å². The van der Waals surface area contributed by atoms with E-state index in [4.69, 9.17) is 14.6 Å². The summed E-state index contributed by atoms with van der Waals surface area (Å²) in [6.07, 6.45) is -10.6. The second-order valence-corrected chi connectivity index (χ2v) is 8.83. The fraction of sp³-hybridized carbons (Fsp3) is 0.440. The number of hydrogen-bond donors (Lipinski definition) is 1. The number of aliphatic hydroxyl groups excluding tert-OH is 1. The van der Waals surface area contributed by atoms with Gasteiger partial charge in [0.05, 0.1) is 49.6 Å². The summed E-state index contributed by atoms with van der Waals surface area (Å²) in [6, 6.07) is 9.95. The van der Waals surface area contributed by atoms with E-state index < -0.39 is 41.9 Å². The van der Waals surface area contributed by atoms with Crippen LogP contribution in [-0.4, -0.2) is 50.8 Å². The standard InChI is InChI=1S/C25H26F6N4O3/c1-16(18-11-19(24(26,27)28)13-20(12-18)25(29,30)31)38-23-22(17-5-3-2-4-6-17)34(8-10-37-23)14-21-32-15-35(33-21)7-9-36/h2-6,11-13,15-16,22-23,36H,7-10,14H2,1H3/t16-,22?,23?/m1/s1. The Morgan fingerprint density at radius 3 is 2.32 bits per heavy atom. The fourth-order valence-electron chi connectivity index (χ4n) is 4.29. The summed E-state index contributed by atoms with van der Waals surface area (Å²) in [6.45, 7) is 2.48. The van der Waals surface area contributed by atoms with Crippen molar-refractivity contribution in [2.24, 2.45) is 0 Å². The number of nitrogens with zero attached hydrogens (tertiary/aromatic N) is 4. The number of morpholine rings is 1. The van der Waals surface area contributed by atoms with Crippen LogP contribution < -0.4 is 0 Å². The first-order valence-corrected chi connectivity index (χ1v) is 11.8. The highest BCUT2D eigenvalue weighted by molar-refractivity contribution is 5.34. The molecule has 38 heavy (non-hydrogen) atoms. The summed E-state index contributed by atoms with van der Waals surface area (Å²) in [5.74, 6) is 0.473. The Morgan fingerprint density at radius 2 is 1.71 bits per heavy atom. The van der Waals surface area contributed by atoms with Crippen LogP contribution in [0.5, 0.6) is 0 Å². The average molecular weight is 544 g/mol. The molecule has 0 aliphatic carbocycles. The molecule has 1 aromatic heterocycles. The predicted octanol–water partition coefficient (Wildman–Crippen LogP) is 4.99. The number of aromatic nitrogens is 3. The van der Waals surface area contributed by atoms with Gasteiger partial charge in [0.2, 0.25) is 0 Å². The van der Waals surface area contributed by atoms with Crippen molar-refractivity contribution in [3.63, 3.8) is 0 Å². The van der Waals surface area contributed by atoms with Crippen LogP contribution >= 0.6 is 0 Å². The molecular weight excluding hydrogens is 518 g/mol. The van der Waals surface area contributed by atoms with E-state index in [1.807, 2.05) is 23.1 Å². The lowest BCUT2D eigenvalue weighted by molar-refractivity contribution is -0.231. The van der Waals surface area contributed by atoms with E-state index in [2.05, 4.69) is 10.1 Å². The van der Waals surface area contributed by atoms with Gasteiger partial charge in [0.25, 0.3) is 0 Å². The molecule has 13 heteroatoms. The molecule has 1 aliphatic heterocycles. The maximum absolute atomic E-state index is 13.4. The van der Waals surface area contributed by atoms with Crippen LogP contribution in [0.3, 0.4) is 0 Å². The smallest absolute Gasteiger partial charge is 0.394 e. The maximum atomic E-state index is 13.4. The lowest BCUT2D eigenvalue weighted by Gasteiger charge is -2.41. The third-order valence-electron chi connectivity index (χ3n) is 6.13. The molecule has 2 unspecified atom stereocenters. The zero-order valence-electron chi connectivity index (χ0n) is 20.3. The van der Waals surface area contributed by atoms with Gasteiger partial charge in [0, 0.05) is 6.54 Å². The lowest BCUT2D eigenvalue weighted by Crippen LogP contribution is -2.46. The maximum Gasteiger partial charge on any atom is 0.416 e. The first kappa shape index (κ1) is 28.0. The van der Waals surface area contributed by atoms with Crippen molar-refractivity contribution in [1.82, 2.24) is 19.7 Å². The van der Waals surface area contributed by atoms with Crippen LogP contribution in [-0.2, 0) is 34.9 Å². The molecule has 2 heterocycles. The highest BCUT2D eigenvalue weighted by atomic mass is 19.4. The van der Waals surface area contributed by atoms with Gasteiger partial charge >= 0.3 is 12.4 Å². The van der Waals surface area contributed by atoms with E-state index >= 15 is 0 Å². The summed E-state index contributed by atoms with van der Waals surface area (Å²) in [7, 11) is 0. The van der Waals surface area contributed by atoms with Gasteiger partial charge in [-0.1, -0.05) is 30.3 Å². The highest BCUT2D eigenvalue weighted by Gasteiger charge is 2.39. The summed E-state index contributed by atoms with van der Waals surface area (Å²) >= 11 is 0. The molecule has 0 amide bonds. The molecule has 206 valence electrons. The summed E-state index contributed by atoms with van der Waals surface area (Å²) in [5, 5.41) is 13.5. The van der Waals surface area contributed by atoms with Crippen LogP contribution in [0, 0.1) is 0 Å². The Bertz CT molecular complexity index is 1170. The Morgan fingerprint density at radius 1 is 1.05 bits per heavy atom. The first-order chi connectivity index (χ1) is 18.0. The molecule has 2 aromatic carbocycles. The van der Waals surface area contributed by atoms with Gasteiger partial charge in [-0.25, -0.2) is 4.98 Å². The molecule has 4 rings (SSSR count). The monoisotopic (exact) mass is 544 g/mol. The fourth-order valence-corrected chi connectivity index (χ4v) is 4.29. The molecule has 1 N–H and O–H groups in total. The minimum absolute atomic E-state index is 0.0881. The number of aliphatic hydroxyl groups is 1. The zero-order chi connectivity index (χ0) is 27.5. The van der Waals surface area contributed by atoms with Crippen molar-refractivity contribution >= 4 is 0 Å². The molecule has 0 spiro atoms. The number of ether oxygens (including phenoxy) is 2. The Hall–Kier alpha value is -3.00. The molecule has 3 atom stereocenters. The van der Waals surface area contributed by atoms with Gasteiger partial charge in [-0.2, -0.15) is 31.4 Å². The molecule has 7 nitrogen and oxygen atoms in total. The normalized spacial score (nSPS) is 20.0. The van der Waals surface area contributed by atoms with Gasteiger partial charge in [-0.15, -0.1) is 0 Å². The SMILES string of the molecule is C[C@@H](OC1OCCN(Cc2ncn(CCO)n2)C1c1ccccc1)c1cc(C(F)(F)F)cc(C(F)(F)F)c1. The highest BCUT2D eigenvalue weighted by Crippen LogP contribution is 2.39. The number of hydrogen-bond acceptors (Lipinski definition) is 6. The van der Waals surface area contributed by atoms with E-state index in [0.29, 0.717) is 24.5 Å². The molecular formula is C25H26F6N4O3. The number of benzene rings is 2. The topological polar surface area (TPSA) is 72.6 Å². The summed E-state index contributed by atoms with van der Waals surface area (Å²) < 4.78 is 93.7. The van der Waals surface area contributed by atoms with Crippen LogP contribution in [0.1, 0.15) is 47.1 Å². The molecule has 0 saturated carbocycles. The van der Waals surface area contributed by atoms with E-state index in [9.17, 15) is 26.3 Å². The molecule has 0 radical (unpaired) electrons. The summed E-state index contributed by atoms with van der Waals surface area (Å²) in [5.41, 5.74) is -2.32. The third kappa shape index (κ3) is 6.70. The van der Waals surface area contributed by atoms with Crippen LogP contribution in [0.4, 0.5) is 26.3 Å². The van der Waals surface area contributed by atoms with Crippen molar-refractivity contribution in [3.8, 4) is 0 Å². The second-order valence-electron chi connectivity index (χ2n) is 8.83. The number of halogens is 6. The molecule has 1 aliphatic rings.